The van der Waals surface area contributed by atoms with E-state index in [9.17, 15) is 0 Å². The van der Waals surface area contributed by atoms with Crippen LogP contribution >= 0.6 is 0 Å². The second-order valence-electron chi connectivity index (χ2n) is 7.28. The van der Waals surface area contributed by atoms with Gasteiger partial charge in [0.25, 0.3) is 0 Å². The van der Waals surface area contributed by atoms with E-state index in [-0.39, 0.29) is 5.41 Å². The van der Waals surface area contributed by atoms with Crippen LogP contribution < -0.4 is 4.90 Å². The van der Waals surface area contributed by atoms with E-state index in [1.54, 1.807) is 0 Å². The largest absolute Gasteiger partial charge is 0.368 e. The van der Waals surface area contributed by atoms with Gasteiger partial charge in [-0.3, -0.25) is 4.68 Å². The van der Waals surface area contributed by atoms with Crippen LogP contribution in [0.3, 0.4) is 0 Å². The highest BCUT2D eigenvalue weighted by atomic mass is 15.2. The van der Waals surface area contributed by atoms with E-state index in [4.69, 9.17) is 0 Å². The summed E-state index contributed by atoms with van der Waals surface area (Å²) in [6.07, 6.45) is 6.52. The molecule has 1 unspecified atom stereocenters. The zero-order valence-electron chi connectivity index (χ0n) is 14.4. The molecule has 0 amide bonds. The van der Waals surface area contributed by atoms with Crippen LogP contribution in [0.4, 0.5) is 5.69 Å². The lowest BCUT2D eigenvalue weighted by molar-refractivity contribution is 0.506. The van der Waals surface area contributed by atoms with Crippen molar-refractivity contribution in [3.05, 3.63) is 36.2 Å². The summed E-state index contributed by atoms with van der Waals surface area (Å²) in [4.78, 5) is 2.59. The first-order valence-corrected chi connectivity index (χ1v) is 8.32. The molecule has 3 heteroatoms. The SMILES string of the molecule is CCCC(C)N1CC(C)(C)c2cc(-c3cnn(C)c3)ccc21. The predicted octanol–water partition coefficient (Wildman–Crippen LogP) is 4.37. The Balaban J connectivity index is 2.00. The summed E-state index contributed by atoms with van der Waals surface area (Å²) in [5.41, 5.74) is 5.55. The summed E-state index contributed by atoms with van der Waals surface area (Å²) in [6.45, 7) is 10.4. The molecule has 118 valence electrons. The second-order valence-corrected chi connectivity index (χ2v) is 7.28. The van der Waals surface area contributed by atoms with Gasteiger partial charge in [-0.05, 0) is 36.6 Å². The van der Waals surface area contributed by atoms with Crippen LogP contribution in [0.1, 0.15) is 46.1 Å². The molecular formula is C19H27N3. The Kier molecular flexibility index (Phi) is 3.75. The molecule has 0 saturated heterocycles. The van der Waals surface area contributed by atoms with E-state index in [1.165, 1.54) is 35.2 Å². The van der Waals surface area contributed by atoms with Gasteiger partial charge >= 0.3 is 0 Å². The third-order valence-corrected chi connectivity index (χ3v) is 4.88. The van der Waals surface area contributed by atoms with Crippen LogP contribution in [0.5, 0.6) is 0 Å². The summed E-state index contributed by atoms with van der Waals surface area (Å²) in [6, 6.07) is 7.52. The third-order valence-electron chi connectivity index (χ3n) is 4.88. The molecule has 0 fully saturated rings. The fraction of sp³-hybridized carbons (Fsp3) is 0.526. The van der Waals surface area contributed by atoms with Gasteiger partial charge in [-0.25, -0.2) is 0 Å². The minimum absolute atomic E-state index is 0.204. The molecule has 2 heterocycles. The molecule has 3 nitrogen and oxygen atoms in total. The molecule has 22 heavy (non-hydrogen) atoms. The lowest BCUT2D eigenvalue weighted by atomic mass is 9.85. The van der Waals surface area contributed by atoms with Crippen molar-refractivity contribution in [3.8, 4) is 11.1 Å². The van der Waals surface area contributed by atoms with E-state index < -0.39 is 0 Å². The molecule has 0 N–H and O–H groups in total. The second kappa shape index (κ2) is 5.45. The zero-order chi connectivity index (χ0) is 15.9. The number of rotatable bonds is 4. The number of aromatic nitrogens is 2. The van der Waals surface area contributed by atoms with Crippen molar-refractivity contribution < 1.29 is 0 Å². The molecule has 3 rings (SSSR count). The molecule has 0 bridgehead atoms. The average Bonchev–Trinajstić information content (AvgIpc) is 3.01. The van der Waals surface area contributed by atoms with Crippen LogP contribution in [0, 0.1) is 0 Å². The fourth-order valence-electron chi connectivity index (χ4n) is 3.64. The molecule has 0 spiro atoms. The van der Waals surface area contributed by atoms with Crippen LogP contribution in [-0.4, -0.2) is 22.4 Å². The van der Waals surface area contributed by atoms with Crippen LogP contribution in [0.2, 0.25) is 0 Å². The molecular weight excluding hydrogens is 270 g/mol. The Labute approximate surface area is 133 Å². The molecule has 1 aliphatic heterocycles. The van der Waals surface area contributed by atoms with Gasteiger partial charge in [-0.1, -0.05) is 33.3 Å². The normalized spacial score (nSPS) is 17.6. The van der Waals surface area contributed by atoms with Gasteiger partial charge in [0.2, 0.25) is 0 Å². The summed E-state index contributed by atoms with van der Waals surface area (Å²) in [5, 5.41) is 4.30. The first-order chi connectivity index (χ1) is 10.4. The van der Waals surface area contributed by atoms with Gasteiger partial charge in [0.15, 0.2) is 0 Å². The first-order valence-electron chi connectivity index (χ1n) is 8.32. The van der Waals surface area contributed by atoms with Gasteiger partial charge < -0.3 is 4.90 Å². The summed E-state index contributed by atoms with van der Waals surface area (Å²) in [7, 11) is 1.97. The van der Waals surface area contributed by atoms with Crippen LogP contribution in [-0.2, 0) is 12.5 Å². The molecule has 2 aromatic rings. The van der Waals surface area contributed by atoms with Crippen molar-refractivity contribution in [2.45, 2.75) is 52.0 Å². The maximum Gasteiger partial charge on any atom is 0.0568 e. The van der Waals surface area contributed by atoms with Gasteiger partial charge in [-0.15, -0.1) is 0 Å². The van der Waals surface area contributed by atoms with Gasteiger partial charge in [-0.2, -0.15) is 5.10 Å². The molecule has 1 aromatic carbocycles. The highest BCUT2D eigenvalue weighted by Crippen LogP contribution is 2.43. The van der Waals surface area contributed by atoms with E-state index in [2.05, 4.69) is 62.1 Å². The standard InChI is InChI=1S/C19H27N3/c1-6-7-14(2)22-13-19(3,4)17-10-15(8-9-18(17)22)16-11-20-21(5)12-16/h8-12,14H,6-7,13H2,1-5H3. The maximum absolute atomic E-state index is 4.30. The molecule has 1 aromatic heterocycles. The number of anilines is 1. The highest BCUT2D eigenvalue weighted by Gasteiger charge is 2.36. The van der Waals surface area contributed by atoms with Crippen molar-refractivity contribution >= 4 is 5.69 Å². The van der Waals surface area contributed by atoms with E-state index in [0.29, 0.717) is 6.04 Å². The Hall–Kier alpha value is -1.77. The quantitative estimate of drug-likeness (QED) is 0.835. The van der Waals surface area contributed by atoms with Crippen molar-refractivity contribution in [1.29, 1.82) is 0 Å². The molecule has 1 atom stereocenters. The van der Waals surface area contributed by atoms with Crippen LogP contribution in [0.25, 0.3) is 11.1 Å². The van der Waals surface area contributed by atoms with Gasteiger partial charge in [0.05, 0.1) is 6.20 Å². The fourth-order valence-corrected chi connectivity index (χ4v) is 3.64. The smallest absolute Gasteiger partial charge is 0.0568 e. The summed E-state index contributed by atoms with van der Waals surface area (Å²) >= 11 is 0. The van der Waals surface area contributed by atoms with Crippen molar-refractivity contribution in [2.24, 2.45) is 7.05 Å². The Bertz CT molecular complexity index is 669. The predicted molar refractivity (Wildman–Crippen MR) is 93.4 cm³/mol. The third kappa shape index (κ3) is 2.53. The summed E-state index contributed by atoms with van der Waals surface area (Å²) < 4.78 is 1.86. The number of benzene rings is 1. The van der Waals surface area contributed by atoms with Gasteiger partial charge in [0.1, 0.15) is 0 Å². The number of fused-ring (bicyclic) bond motifs is 1. The lowest BCUT2D eigenvalue weighted by Gasteiger charge is -2.28. The monoisotopic (exact) mass is 297 g/mol. The van der Waals surface area contributed by atoms with E-state index >= 15 is 0 Å². The van der Waals surface area contributed by atoms with Gasteiger partial charge in [0, 0.05) is 42.5 Å². The maximum atomic E-state index is 4.30. The number of nitrogens with zero attached hydrogens (tertiary/aromatic N) is 3. The minimum atomic E-state index is 0.204. The van der Waals surface area contributed by atoms with E-state index in [1.807, 2.05) is 17.9 Å². The van der Waals surface area contributed by atoms with Crippen molar-refractivity contribution in [3.63, 3.8) is 0 Å². The number of aryl methyl sites for hydroxylation is 1. The Morgan fingerprint density at radius 1 is 1.27 bits per heavy atom. The van der Waals surface area contributed by atoms with E-state index in [0.717, 1.165) is 6.54 Å². The van der Waals surface area contributed by atoms with Crippen molar-refractivity contribution in [2.75, 3.05) is 11.4 Å². The van der Waals surface area contributed by atoms with Crippen molar-refractivity contribution in [1.82, 2.24) is 9.78 Å². The Morgan fingerprint density at radius 2 is 2.05 bits per heavy atom. The Morgan fingerprint density at radius 3 is 2.68 bits per heavy atom. The lowest BCUT2D eigenvalue weighted by Crippen LogP contribution is -2.35. The first kappa shape index (κ1) is 15.1. The molecule has 0 radical (unpaired) electrons. The zero-order valence-corrected chi connectivity index (χ0v) is 14.4. The average molecular weight is 297 g/mol. The molecule has 1 aliphatic rings. The highest BCUT2D eigenvalue weighted by molar-refractivity contribution is 5.72. The minimum Gasteiger partial charge on any atom is -0.368 e. The number of hydrogen-bond donors (Lipinski definition) is 0. The topological polar surface area (TPSA) is 21.1 Å². The molecule has 0 aliphatic carbocycles. The molecule has 0 saturated carbocycles. The van der Waals surface area contributed by atoms with Crippen LogP contribution in [0.15, 0.2) is 30.6 Å². The summed E-state index contributed by atoms with van der Waals surface area (Å²) in [5.74, 6) is 0. The number of hydrogen-bond acceptors (Lipinski definition) is 2.